The van der Waals surface area contributed by atoms with Crippen molar-refractivity contribution >= 4 is 51.9 Å². The molecule has 1 fully saturated rings. The number of hydrogen-bond acceptors (Lipinski definition) is 6. The van der Waals surface area contributed by atoms with E-state index in [0.29, 0.717) is 38.4 Å². The summed E-state index contributed by atoms with van der Waals surface area (Å²) in [4.78, 5) is 26.2. The highest BCUT2D eigenvalue weighted by Crippen LogP contribution is 2.37. The van der Waals surface area contributed by atoms with Crippen molar-refractivity contribution in [3.8, 4) is 11.5 Å². The average Bonchev–Trinajstić information content (AvgIpc) is 3.00. The van der Waals surface area contributed by atoms with Crippen LogP contribution in [0.1, 0.15) is 18.9 Å². The number of thiocarbonyl (C=S) groups is 1. The predicted molar refractivity (Wildman–Crippen MR) is 117 cm³/mol. The first-order valence-corrected chi connectivity index (χ1v) is 10.1. The van der Waals surface area contributed by atoms with E-state index in [2.05, 4.69) is 0 Å². The number of anilines is 1. The first-order valence-electron chi connectivity index (χ1n) is 8.85. The molecule has 0 radical (unpaired) electrons. The fourth-order valence-corrected chi connectivity index (χ4v) is 4.02. The van der Waals surface area contributed by atoms with Gasteiger partial charge in [-0.15, -0.1) is 0 Å². The smallest absolute Gasteiger partial charge is 0.344 e. The largest absolute Gasteiger partial charge is 0.497 e. The zero-order valence-corrected chi connectivity index (χ0v) is 17.5. The predicted octanol–water partition coefficient (Wildman–Crippen LogP) is 4.34. The highest BCUT2D eigenvalue weighted by atomic mass is 32.2. The second-order valence-corrected chi connectivity index (χ2v) is 7.78. The molecule has 29 heavy (non-hydrogen) atoms. The topological polar surface area (TPSA) is 76.1 Å². The Morgan fingerprint density at radius 2 is 1.93 bits per heavy atom. The molecule has 1 saturated heterocycles. The number of thioether (sulfide) groups is 1. The molecule has 0 spiro atoms. The van der Waals surface area contributed by atoms with E-state index in [1.165, 1.54) is 16.7 Å². The van der Waals surface area contributed by atoms with Gasteiger partial charge >= 0.3 is 5.97 Å². The zero-order chi connectivity index (χ0) is 21.0. The highest BCUT2D eigenvalue weighted by Gasteiger charge is 2.33. The van der Waals surface area contributed by atoms with Crippen LogP contribution in [0, 0.1) is 0 Å². The third-order valence-electron chi connectivity index (χ3n) is 4.25. The Labute approximate surface area is 178 Å². The quantitative estimate of drug-likeness (QED) is 0.518. The van der Waals surface area contributed by atoms with Crippen LogP contribution in [0.15, 0.2) is 53.4 Å². The van der Waals surface area contributed by atoms with E-state index >= 15 is 0 Å². The summed E-state index contributed by atoms with van der Waals surface area (Å²) in [5.41, 5.74) is 1.26. The van der Waals surface area contributed by atoms with Crippen LogP contribution in [-0.4, -0.2) is 34.5 Å². The monoisotopic (exact) mass is 429 g/mol. The number of methoxy groups -OCH3 is 1. The summed E-state index contributed by atoms with van der Waals surface area (Å²) in [6.45, 7) is 1.74. The maximum absolute atomic E-state index is 13.0. The molecule has 8 heteroatoms. The van der Waals surface area contributed by atoms with Crippen molar-refractivity contribution in [3.05, 3.63) is 59.0 Å². The summed E-state index contributed by atoms with van der Waals surface area (Å²) in [5, 5.41) is 9.25. The third kappa shape index (κ3) is 4.60. The average molecular weight is 430 g/mol. The Morgan fingerprint density at radius 1 is 1.24 bits per heavy atom. The van der Waals surface area contributed by atoms with Gasteiger partial charge in [-0.3, -0.25) is 9.69 Å². The minimum absolute atomic E-state index is 0.245. The van der Waals surface area contributed by atoms with E-state index in [-0.39, 0.29) is 5.91 Å². The van der Waals surface area contributed by atoms with Crippen LogP contribution in [0.2, 0.25) is 0 Å². The van der Waals surface area contributed by atoms with Crippen LogP contribution in [-0.2, 0) is 9.59 Å². The van der Waals surface area contributed by atoms with Crippen molar-refractivity contribution in [2.24, 2.45) is 0 Å². The van der Waals surface area contributed by atoms with Gasteiger partial charge in [-0.1, -0.05) is 49.1 Å². The molecule has 1 unspecified atom stereocenters. The van der Waals surface area contributed by atoms with E-state index in [4.69, 9.17) is 21.7 Å². The summed E-state index contributed by atoms with van der Waals surface area (Å²) in [5.74, 6) is -0.195. The number of benzene rings is 2. The molecule has 6 nitrogen and oxygen atoms in total. The van der Waals surface area contributed by atoms with Crippen LogP contribution >= 0.6 is 24.0 Å². The van der Waals surface area contributed by atoms with Crippen molar-refractivity contribution in [1.82, 2.24) is 0 Å². The van der Waals surface area contributed by atoms with Gasteiger partial charge in [0.1, 0.15) is 11.5 Å². The van der Waals surface area contributed by atoms with E-state index in [0.717, 1.165) is 0 Å². The standard InChI is InChI=1S/C21H19NO5S2/c1-3-16(20(24)25)27-17-7-5-4-6-13(17)12-18-19(23)22(21(28)29-18)14-8-10-15(26-2)11-9-14/h4-12,16H,3H2,1-2H3,(H,24,25)/b18-12+. The maximum Gasteiger partial charge on any atom is 0.344 e. The van der Waals surface area contributed by atoms with Crippen molar-refractivity contribution < 1.29 is 24.2 Å². The molecule has 0 bridgehead atoms. The second-order valence-electron chi connectivity index (χ2n) is 6.11. The summed E-state index contributed by atoms with van der Waals surface area (Å²) < 4.78 is 11.2. The molecule has 3 rings (SSSR count). The van der Waals surface area contributed by atoms with Crippen molar-refractivity contribution in [2.45, 2.75) is 19.4 Å². The number of carboxylic acids is 1. The normalized spacial score (nSPS) is 16.2. The van der Waals surface area contributed by atoms with E-state index in [1.807, 2.05) is 0 Å². The molecule has 1 heterocycles. The molecule has 150 valence electrons. The Hall–Kier alpha value is -2.84. The first kappa shape index (κ1) is 20.9. The lowest BCUT2D eigenvalue weighted by Gasteiger charge is -2.15. The van der Waals surface area contributed by atoms with Crippen molar-refractivity contribution in [1.29, 1.82) is 0 Å². The van der Waals surface area contributed by atoms with Crippen LogP contribution < -0.4 is 14.4 Å². The summed E-state index contributed by atoms with van der Waals surface area (Å²) in [6, 6.07) is 14.1. The number of aliphatic carboxylic acids is 1. The molecule has 1 atom stereocenters. The Kier molecular flexibility index (Phi) is 6.56. The Morgan fingerprint density at radius 3 is 2.55 bits per heavy atom. The van der Waals surface area contributed by atoms with Gasteiger partial charge in [0, 0.05) is 5.56 Å². The molecule has 2 aromatic carbocycles. The van der Waals surface area contributed by atoms with Crippen molar-refractivity contribution in [3.63, 3.8) is 0 Å². The maximum atomic E-state index is 13.0. The molecule has 1 amide bonds. The molecular formula is C21H19NO5S2. The molecule has 1 N–H and O–H groups in total. The minimum Gasteiger partial charge on any atom is -0.497 e. The van der Waals surface area contributed by atoms with Gasteiger partial charge in [0.15, 0.2) is 10.4 Å². The Bertz CT molecular complexity index is 971. The molecule has 0 saturated carbocycles. The van der Waals surface area contributed by atoms with Crippen LogP contribution in [0.25, 0.3) is 6.08 Å². The van der Waals surface area contributed by atoms with Gasteiger partial charge in [0.25, 0.3) is 5.91 Å². The van der Waals surface area contributed by atoms with Crippen LogP contribution in [0.3, 0.4) is 0 Å². The number of rotatable bonds is 7. The molecule has 2 aromatic rings. The van der Waals surface area contributed by atoms with E-state index in [1.54, 1.807) is 68.6 Å². The molecular weight excluding hydrogens is 410 g/mol. The fraction of sp³-hybridized carbons (Fsp3) is 0.190. The molecule has 0 aromatic heterocycles. The number of para-hydroxylation sites is 1. The highest BCUT2D eigenvalue weighted by molar-refractivity contribution is 8.27. The number of hydrogen-bond donors (Lipinski definition) is 1. The van der Waals surface area contributed by atoms with Gasteiger partial charge in [-0.05, 0) is 42.8 Å². The van der Waals surface area contributed by atoms with Gasteiger partial charge < -0.3 is 14.6 Å². The second kappa shape index (κ2) is 9.11. The van der Waals surface area contributed by atoms with Crippen molar-refractivity contribution in [2.75, 3.05) is 12.0 Å². The Balaban J connectivity index is 1.89. The van der Waals surface area contributed by atoms with Gasteiger partial charge in [-0.2, -0.15) is 0 Å². The van der Waals surface area contributed by atoms with Gasteiger partial charge in [0.05, 0.1) is 17.7 Å². The lowest BCUT2D eigenvalue weighted by atomic mass is 10.1. The summed E-state index contributed by atoms with van der Waals surface area (Å²) >= 11 is 6.58. The third-order valence-corrected chi connectivity index (χ3v) is 5.55. The van der Waals surface area contributed by atoms with Crippen LogP contribution in [0.4, 0.5) is 5.69 Å². The van der Waals surface area contributed by atoms with E-state index in [9.17, 15) is 14.7 Å². The SMILES string of the molecule is CCC(Oc1ccccc1/C=C1/SC(=S)N(c2ccc(OC)cc2)C1=O)C(=O)O. The number of ether oxygens (including phenoxy) is 2. The number of amides is 1. The lowest BCUT2D eigenvalue weighted by molar-refractivity contribution is -0.145. The van der Waals surface area contributed by atoms with Gasteiger partial charge in [0.2, 0.25) is 0 Å². The summed E-state index contributed by atoms with van der Waals surface area (Å²) in [7, 11) is 1.57. The first-order chi connectivity index (χ1) is 13.9. The van der Waals surface area contributed by atoms with Crippen LogP contribution in [0.5, 0.6) is 11.5 Å². The number of carbonyl (C=O) groups excluding carboxylic acids is 1. The molecule has 1 aliphatic rings. The number of carbonyl (C=O) groups is 2. The minimum atomic E-state index is -1.03. The fourth-order valence-electron chi connectivity index (χ4n) is 2.73. The lowest BCUT2D eigenvalue weighted by Crippen LogP contribution is -2.27. The molecule has 1 aliphatic heterocycles. The number of carboxylic acid groups (broad SMARTS) is 1. The summed E-state index contributed by atoms with van der Waals surface area (Å²) in [6.07, 6.45) is 1.04. The van der Waals surface area contributed by atoms with E-state index < -0.39 is 12.1 Å². The zero-order valence-electron chi connectivity index (χ0n) is 15.8. The van der Waals surface area contributed by atoms with Gasteiger partial charge in [-0.25, -0.2) is 4.79 Å². The number of nitrogens with zero attached hydrogens (tertiary/aromatic N) is 1. The molecule has 0 aliphatic carbocycles.